The van der Waals surface area contributed by atoms with Crippen LogP contribution in [0.5, 0.6) is 5.75 Å². The Bertz CT molecular complexity index is 658. The first-order chi connectivity index (χ1) is 11.7. The fraction of sp³-hybridized carbons (Fsp3) is 0.368. The Labute approximate surface area is 142 Å². The second kappa shape index (κ2) is 7.93. The van der Waals surface area contributed by atoms with Crippen molar-refractivity contribution in [3.63, 3.8) is 0 Å². The summed E-state index contributed by atoms with van der Waals surface area (Å²) in [5.41, 5.74) is 6.89. The number of carbonyl (C=O) groups excluding carboxylic acids is 1. The topological polar surface area (TPSA) is 68.5 Å². The van der Waals surface area contributed by atoms with Gasteiger partial charge in [-0.25, -0.2) is 0 Å². The van der Waals surface area contributed by atoms with E-state index in [2.05, 4.69) is 22.0 Å². The smallest absolute Gasteiger partial charge is 0.248 e. The zero-order valence-electron chi connectivity index (χ0n) is 13.7. The Morgan fingerprint density at radius 3 is 2.79 bits per heavy atom. The molecule has 5 heteroatoms. The van der Waals surface area contributed by atoms with Gasteiger partial charge in [-0.3, -0.25) is 14.7 Å². The van der Waals surface area contributed by atoms with E-state index in [-0.39, 0.29) is 0 Å². The van der Waals surface area contributed by atoms with Gasteiger partial charge in [0.15, 0.2) is 0 Å². The van der Waals surface area contributed by atoms with Crippen molar-refractivity contribution in [2.45, 2.75) is 25.3 Å². The maximum Gasteiger partial charge on any atom is 0.248 e. The minimum Gasteiger partial charge on any atom is -0.494 e. The summed E-state index contributed by atoms with van der Waals surface area (Å²) >= 11 is 0. The summed E-state index contributed by atoms with van der Waals surface area (Å²) in [4.78, 5) is 18.0. The van der Waals surface area contributed by atoms with E-state index in [1.165, 1.54) is 12.8 Å². The van der Waals surface area contributed by atoms with Crippen LogP contribution in [0, 0.1) is 0 Å². The highest BCUT2D eigenvalue weighted by molar-refractivity contribution is 5.92. The van der Waals surface area contributed by atoms with E-state index in [1.807, 2.05) is 12.3 Å². The summed E-state index contributed by atoms with van der Waals surface area (Å²) in [5.74, 6) is 0.346. The highest BCUT2D eigenvalue weighted by Crippen LogP contribution is 2.30. The Kier molecular flexibility index (Phi) is 5.43. The van der Waals surface area contributed by atoms with Crippen LogP contribution in [-0.4, -0.2) is 35.5 Å². The third kappa shape index (κ3) is 4.11. The Hall–Kier alpha value is -2.40. The molecule has 0 bridgehead atoms. The Morgan fingerprint density at radius 1 is 1.25 bits per heavy atom. The van der Waals surface area contributed by atoms with Gasteiger partial charge in [-0.2, -0.15) is 0 Å². The van der Waals surface area contributed by atoms with E-state index >= 15 is 0 Å². The third-order valence-corrected chi connectivity index (χ3v) is 4.39. The van der Waals surface area contributed by atoms with Crippen LogP contribution in [0.25, 0.3) is 0 Å². The number of nitrogens with two attached hydrogens (primary N) is 1. The molecule has 2 N–H and O–H groups in total. The average Bonchev–Trinajstić information content (AvgIpc) is 3.08. The van der Waals surface area contributed by atoms with Gasteiger partial charge in [0.2, 0.25) is 5.91 Å². The lowest BCUT2D eigenvalue weighted by Gasteiger charge is -2.23. The molecule has 1 saturated heterocycles. The van der Waals surface area contributed by atoms with Crippen LogP contribution < -0.4 is 10.5 Å². The molecule has 24 heavy (non-hydrogen) atoms. The molecule has 2 heterocycles. The second-order valence-corrected chi connectivity index (χ2v) is 6.04. The molecule has 1 aromatic carbocycles. The van der Waals surface area contributed by atoms with Crippen LogP contribution in [0.4, 0.5) is 0 Å². The molecule has 0 aliphatic carbocycles. The highest BCUT2D eigenvalue weighted by Gasteiger charge is 2.26. The number of hydrogen-bond donors (Lipinski definition) is 1. The van der Waals surface area contributed by atoms with E-state index in [4.69, 9.17) is 10.5 Å². The maximum atomic E-state index is 11.0. The molecule has 0 saturated carbocycles. The highest BCUT2D eigenvalue weighted by atomic mass is 16.5. The van der Waals surface area contributed by atoms with E-state index in [0.29, 0.717) is 18.2 Å². The number of ether oxygens (including phenoxy) is 1. The van der Waals surface area contributed by atoms with Crippen LogP contribution in [-0.2, 0) is 0 Å². The summed E-state index contributed by atoms with van der Waals surface area (Å²) in [6, 6.07) is 13.5. The first-order valence-electron chi connectivity index (χ1n) is 8.42. The van der Waals surface area contributed by atoms with Gasteiger partial charge in [-0.05, 0) is 62.2 Å². The van der Waals surface area contributed by atoms with Crippen molar-refractivity contribution in [2.75, 3.05) is 19.7 Å². The molecule has 0 radical (unpaired) electrons. The van der Waals surface area contributed by atoms with E-state index in [9.17, 15) is 4.79 Å². The van der Waals surface area contributed by atoms with Crippen molar-refractivity contribution < 1.29 is 9.53 Å². The van der Waals surface area contributed by atoms with E-state index in [1.54, 1.807) is 24.3 Å². The van der Waals surface area contributed by atoms with Crippen molar-refractivity contribution in [1.82, 2.24) is 9.88 Å². The van der Waals surface area contributed by atoms with Crippen molar-refractivity contribution in [3.8, 4) is 5.75 Å². The zero-order valence-corrected chi connectivity index (χ0v) is 13.7. The van der Waals surface area contributed by atoms with Gasteiger partial charge in [0, 0.05) is 18.3 Å². The minimum atomic E-state index is -0.420. The van der Waals surface area contributed by atoms with Gasteiger partial charge >= 0.3 is 0 Å². The summed E-state index contributed by atoms with van der Waals surface area (Å²) in [6.07, 6.45) is 5.22. The first kappa shape index (κ1) is 16.5. The van der Waals surface area contributed by atoms with E-state index < -0.39 is 5.91 Å². The number of benzene rings is 1. The van der Waals surface area contributed by atoms with Crippen LogP contribution in [0.15, 0.2) is 48.7 Å². The summed E-state index contributed by atoms with van der Waals surface area (Å²) < 4.78 is 5.75. The molecule has 5 nitrogen and oxygen atoms in total. The Balaban J connectivity index is 1.45. The predicted octanol–water partition coefficient (Wildman–Crippen LogP) is 2.79. The van der Waals surface area contributed by atoms with Gasteiger partial charge in [0.05, 0.1) is 18.3 Å². The number of rotatable bonds is 7. The fourth-order valence-electron chi connectivity index (χ4n) is 3.17. The Morgan fingerprint density at radius 2 is 2.08 bits per heavy atom. The van der Waals surface area contributed by atoms with Crippen molar-refractivity contribution in [1.29, 1.82) is 0 Å². The minimum absolute atomic E-state index is 0.420. The molecule has 3 rings (SSSR count). The van der Waals surface area contributed by atoms with Gasteiger partial charge in [-0.15, -0.1) is 0 Å². The lowest BCUT2D eigenvalue weighted by Crippen LogP contribution is -2.26. The van der Waals surface area contributed by atoms with Crippen LogP contribution >= 0.6 is 0 Å². The maximum absolute atomic E-state index is 11.0. The second-order valence-electron chi connectivity index (χ2n) is 6.04. The number of likely N-dealkylation sites (tertiary alicyclic amines) is 1. The monoisotopic (exact) mass is 325 g/mol. The number of primary amides is 1. The number of hydrogen-bond acceptors (Lipinski definition) is 4. The molecular formula is C19H23N3O2. The predicted molar refractivity (Wildman–Crippen MR) is 92.9 cm³/mol. The van der Waals surface area contributed by atoms with Crippen LogP contribution in [0.2, 0.25) is 0 Å². The largest absolute Gasteiger partial charge is 0.494 e. The van der Waals surface area contributed by atoms with Gasteiger partial charge in [0.1, 0.15) is 5.75 Å². The summed E-state index contributed by atoms with van der Waals surface area (Å²) in [5, 5.41) is 0. The molecule has 1 aliphatic heterocycles. The van der Waals surface area contributed by atoms with Gasteiger partial charge in [-0.1, -0.05) is 6.07 Å². The molecule has 1 fully saturated rings. The number of aromatic nitrogens is 1. The molecule has 0 unspecified atom stereocenters. The number of nitrogens with zero attached hydrogens (tertiary/aromatic N) is 2. The molecule has 126 valence electrons. The zero-order chi connectivity index (χ0) is 16.8. The number of amides is 1. The lowest BCUT2D eigenvalue weighted by molar-refractivity contribution is 0.100. The van der Waals surface area contributed by atoms with Gasteiger partial charge in [0.25, 0.3) is 0 Å². The third-order valence-electron chi connectivity index (χ3n) is 4.39. The van der Waals surface area contributed by atoms with Crippen molar-refractivity contribution >= 4 is 5.91 Å². The molecule has 1 amide bonds. The standard InChI is InChI=1S/C19H23N3O2/c20-19(23)15-7-9-16(10-8-15)24-14-4-13-22-12-3-6-18(22)17-5-1-2-11-21-17/h1-2,5,7-11,18H,3-4,6,12-14H2,(H2,20,23)/t18-/m0/s1. The van der Waals surface area contributed by atoms with Crippen LogP contribution in [0.1, 0.15) is 41.4 Å². The number of pyridine rings is 1. The van der Waals surface area contributed by atoms with Crippen LogP contribution in [0.3, 0.4) is 0 Å². The average molecular weight is 325 g/mol. The summed E-state index contributed by atoms with van der Waals surface area (Å²) in [6.45, 7) is 2.77. The summed E-state index contributed by atoms with van der Waals surface area (Å²) in [7, 11) is 0. The van der Waals surface area contributed by atoms with Crippen molar-refractivity contribution in [3.05, 3.63) is 59.9 Å². The van der Waals surface area contributed by atoms with E-state index in [0.717, 1.165) is 31.0 Å². The molecule has 2 aromatic rings. The van der Waals surface area contributed by atoms with Crippen molar-refractivity contribution in [2.24, 2.45) is 5.73 Å². The molecule has 1 aliphatic rings. The SMILES string of the molecule is NC(=O)c1ccc(OCCCN2CCC[C@H]2c2ccccn2)cc1. The first-order valence-corrected chi connectivity index (χ1v) is 8.42. The normalized spacial score (nSPS) is 17.8. The molecule has 1 atom stereocenters. The molecular weight excluding hydrogens is 302 g/mol. The molecule has 0 spiro atoms. The number of carbonyl (C=O) groups is 1. The molecule has 1 aromatic heterocycles. The quantitative estimate of drug-likeness (QED) is 0.795. The lowest BCUT2D eigenvalue weighted by atomic mass is 10.1. The fourth-order valence-corrected chi connectivity index (χ4v) is 3.17. The van der Waals surface area contributed by atoms with Gasteiger partial charge < -0.3 is 10.5 Å².